The van der Waals surface area contributed by atoms with Crippen molar-refractivity contribution in [1.82, 2.24) is 0 Å². The van der Waals surface area contributed by atoms with Crippen LogP contribution >= 0.6 is 0 Å². The lowest BCUT2D eigenvalue weighted by molar-refractivity contribution is -0.359. The molecule has 0 saturated carbocycles. The van der Waals surface area contributed by atoms with Gasteiger partial charge in [0, 0.05) is 5.41 Å². The van der Waals surface area contributed by atoms with Crippen LogP contribution in [-0.2, 0) is 9.53 Å². The van der Waals surface area contributed by atoms with Crippen LogP contribution in [0.25, 0.3) is 0 Å². The second kappa shape index (κ2) is 3.66. The molecule has 7 heteroatoms. The van der Waals surface area contributed by atoms with Crippen LogP contribution in [0.5, 0.6) is 0 Å². The van der Waals surface area contributed by atoms with E-state index in [0.29, 0.717) is 0 Å². The third kappa shape index (κ3) is 1.93. The Morgan fingerprint density at radius 1 is 1.44 bits per heavy atom. The molecule has 0 amide bonds. The Kier molecular flexibility index (Phi) is 3.06. The van der Waals surface area contributed by atoms with E-state index in [1.165, 1.54) is 13.8 Å². The van der Waals surface area contributed by atoms with E-state index in [0.717, 1.165) is 0 Å². The second-order valence-electron chi connectivity index (χ2n) is 4.48. The van der Waals surface area contributed by atoms with Gasteiger partial charge in [-0.05, 0) is 0 Å². The topological polar surface area (TPSA) is 46.5 Å². The molecule has 1 atom stereocenters. The number of aliphatic hydroxyl groups is 1. The van der Waals surface area contributed by atoms with Crippen molar-refractivity contribution in [1.29, 1.82) is 0 Å². The maximum atomic E-state index is 13.0. The first kappa shape index (κ1) is 13.4. The van der Waals surface area contributed by atoms with Crippen LogP contribution in [0.4, 0.5) is 17.6 Å². The average molecular weight is 244 g/mol. The minimum atomic E-state index is -4.76. The number of ketones is 1. The Morgan fingerprint density at radius 2 is 1.94 bits per heavy atom. The van der Waals surface area contributed by atoms with Crippen LogP contribution in [0.3, 0.4) is 0 Å². The summed E-state index contributed by atoms with van der Waals surface area (Å²) >= 11 is 0. The number of ether oxygens (including phenoxy) is 1. The molecule has 1 aliphatic rings. The first-order valence-corrected chi connectivity index (χ1v) is 4.58. The summed E-state index contributed by atoms with van der Waals surface area (Å²) in [4.78, 5) is 11.4. The molecule has 16 heavy (non-hydrogen) atoms. The van der Waals surface area contributed by atoms with Crippen molar-refractivity contribution in [3.8, 4) is 0 Å². The number of rotatable bonds is 2. The van der Waals surface area contributed by atoms with Crippen LogP contribution in [-0.4, -0.2) is 35.6 Å². The van der Waals surface area contributed by atoms with Crippen LogP contribution < -0.4 is 0 Å². The molecule has 1 rings (SSSR count). The van der Waals surface area contributed by atoms with Gasteiger partial charge in [-0.25, -0.2) is 8.78 Å². The molecule has 1 unspecified atom stereocenters. The lowest BCUT2D eigenvalue weighted by Gasteiger charge is -2.42. The van der Waals surface area contributed by atoms with Gasteiger partial charge in [0.2, 0.25) is 5.79 Å². The lowest BCUT2D eigenvalue weighted by atomic mass is 9.81. The maximum Gasteiger partial charge on any atom is 0.360 e. The van der Waals surface area contributed by atoms with E-state index >= 15 is 0 Å². The number of carbonyl (C=O) groups is 1. The zero-order valence-corrected chi connectivity index (χ0v) is 8.77. The summed E-state index contributed by atoms with van der Waals surface area (Å²) in [6, 6.07) is 0. The van der Waals surface area contributed by atoms with E-state index in [2.05, 4.69) is 4.74 Å². The predicted octanol–water partition coefficient (Wildman–Crippen LogP) is 1.59. The molecule has 1 saturated heterocycles. The van der Waals surface area contributed by atoms with Crippen LogP contribution in [0.15, 0.2) is 0 Å². The molecule has 1 fully saturated rings. The van der Waals surface area contributed by atoms with E-state index in [4.69, 9.17) is 0 Å². The van der Waals surface area contributed by atoms with Crippen LogP contribution in [0, 0.1) is 5.41 Å². The molecule has 3 nitrogen and oxygen atoms in total. The normalized spacial score (nSPS) is 30.9. The van der Waals surface area contributed by atoms with E-state index in [1.54, 1.807) is 0 Å². The number of hydrogen-bond acceptors (Lipinski definition) is 3. The van der Waals surface area contributed by atoms with Gasteiger partial charge in [-0.2, -0.15) is 8.78 Å². The summed E-state index contributed by atoms with van der Waals surface area (Å²) in [6.45, 7) is 2.33. The zero-order valence-electron chi connectivity index (χ0n) is 8.77. The molecule has 0 aromatic heterocycles. The fourth-order valence-electron chi connectivity index (χ4n) is 1.27. The number of hydrogen-bond donors (Lipinski definition) is 1. The number of carbonyl (C=O) groups excluding carboxylic acids is 1. The molecular weight excluding hydrogens is 232 g/mol. The summed E-state index contributed by atoms with van der Waals surface area (Å²) in [5.74, 6) is -8.91. The predicted molar refractivity (Wildman–Crippen MR) is 45.3 cm³/mol. The summed E-state index contributed by atoms with van der Waals surface area (Å²) < 4.78 is 54.4. The molecule has 0 aliphatic carbocycles. The summed E-state index contributed by atoms with van der Waals surface area (Å²) in [7, 11) is 0. The van der Waals surface area contributed by atoms with Gasteiger partial charge >= 0.3 is 12.3 Å². The van der Waals surface area contributed by atoms with Gasteiger partial charge in [0.1, 0.15) is 5.78 Å². The van der Waals surface area contributed by atoms with Gasteiger partial charge < -0.3 is 9.84 Å². The van der Waals surface area contributed by atoms with Gasteiger partial charge in [0.05, 0.1) is 13.0 Å². The highest BCUT2D eigenvalue weighted by molar-refractivity contribution is 5.85. The Morgan fingerprint density at radius 3 is 2.31 bits per heavy atom. The van der Waals surface area contributed by atoms with Crippen LogP contribution in [0.1, 0.15) is 20.3 Å². The highest BCUT2D eigenvalue weighted by atomic mass is 19.3. The van der Waals surface area contributed by atoms with Crippen molar-refractivity contribution in [2.75, 3.05) is 6.61 Å². The van der Waals surface area contributed by atoms with Gasteiger partial charge in [0.15, 0.2) is 0 Å². The molecule has 0 radical (unpaired) electrons. The highest BCUT2D eigenvalue weighted by Crippen LogP contribution is 2.43. The second-order valence-corrected chi connectivity index (χ2v) is 4.48. The molecule has 1 heterocycles. The summed E-state index contributed by atoms with van der Waals surface area (Å²) in [5.41, 5.74) is -1.05. The average Bonchev–Trinajstić information content (AvgIpc) is 2.12. The number of Topliss-reactive ketones (excluding diaryl/α,β-unsaturated/α-hetero) is 1. The van der Waals surface area contributed by atoms with Crippen LogP contribution in [0.2, 0.25) is 0 Å². The zero-order chi connectivity index (χ0) is 12.8. The minimum absolute atomic E-state index is 0.523. The molecule has 0 aromatic rings. The van der Waals surface area contributed by atoms with E-state index in [-0.39, 0.29) is 0 Å². The first-order chi connectivity index (χ1) is 7.03. The summed E-state index contributed by atoms with van der Waals surface area (Å²) in [5, 5.41) is 9.30. The molecule has 1 N–H and O–H groups in total. The lowest BCUT2D eigenvalue weighted by Crippen LogP contribution is -2.60. The van der Waals surface area contributed by atoms with E-state index < -0.39 is 42.4 Å². The van der Waals surface area contributed by atoms with Crippen molar-refractivity contribution in [2.45, 2.75) is 38.4 Å². The minimum Gasteiger partial charge on any atom is -0.360 e. The standard InChI is InChI=1S/C9H12F4O3/c1-7(2)4-16-8(15,3-5(7)14)9(12,13)6(10)11/h6,15H,3-4H2,1-2H3. The van der Waals surface area contributed by atoms with Crippen molar-refractivity contribution in [2.24, 2.45) is 5.41 Å². The third-order valence-corrected chi connectivity index (χ3v) is 2.62. The number of alkyl halides is 4. The van der Waals surface area contributed by atoms with Crippen molar-refractivity contribution >= 4 is 5.78 Å². The fourth-order valence-corrected chi connectivity index (χ4v) is 1.27. The molecule has 0 bridgehead atoms. The third-order valence-electron chi connectivity index (χ3n) is 2.62. The van der Waals surface area contributed by atoms with Gasteiger partial charge in [-0.15, -0.1) is 0 Å². The Bertz CT molecular complexity index is 303. The number of halogens is 4. The fraction of sp³-hybridized carbons (Fsp3) is 0.889. The molecule has 1 aliphatic heterocycles. The largest absolute Gasteiger partial charge is 0.360 e. The molecule has 94 valence electrons. The van der Waals surface area contributed by atoms with E-state index in [9.17, 15) is 27.5 Å². The van der Waals surface area contributed by atoms with Gasteiger partial charge in [0.25, 0.3) is 0 Å². The summed E-state index contributed by atoms with van der Waals surface area (Å²) in [6.07, 6.45) is -5.23. The quantitative estimate of drug-likeness (QED) is 0.750. The highest BCUT2D eigenvalue weighted by Gasteiger charge is 2.64. The van der Waals surface area contributed by atoms with E-state index in [1.807, 2.05) is 0 Å². The van der Waals surface area contributed by atoms with Gasteiger partial charge in [-0.3, -0.25) is 4.79 Å². The van der Waals surface area contributed by atoms with Crippen molar-refractivity contribution in [3.05, 3.63) is 0 Å². The smallest absolute Gasteiger partial charge is 0.360 e. The Balaban J connectivity index is 2.95. The van der Waals surface area contributed by atoms with Gasteiger partial charge in [-0.1, -0.05) is 13.8 Å². The first-order valence-electron chi connectivity index (χ1n) is 4.58. The molecular formula is C9H12F4O3. The Labute approximate surface area is 89.4 Å². The monoisotopic (exact) mass is 244 g/mol. The molecule has 0 spiro atoms. The molecule has 0 aromatic carbocycles. The van der Waals surface area contributed by atoms with Crippen molar-refractivity contribution < 1.29 is 32.2 Å². The SMILES string of the molecule is CC1(C)COC(O)(C(F)(F)C(F)F)CC1=O. The Hall–Kier alpha value is -0.690. The maximum absolute atomic E-state index is 13.0. The van der Waals surface area contributed by atoms with Crippen molar-refractivity contribution in [3.63, 3.8) is 0 Å².